The molecule has 4 heteroatoms. The smallest absolute Gasteiger partial charge is 0.206 e. The lowest BCUT2D eigenvalue weighted by Gasteiger charge is -2.13. The van der Waals surface area contributed by atoms with Crippen molar-refractivity contribution in [3.05, 3.63) is 0 Å². The average molecular weight is 198 g/mol. The van der Waals surface area contributed by atoms with Crippen LogP contribution < -0.4 is 0 Å². The third-order valence-corrected chi connectivity index (χ3v) is 3.43. The van der Waals surface area contributed by atoms with Crippen molar-refractivity contribution >= 4 is 18.9 Å². The largest absolute Gasteiger partial charge is 0.330 e. The molecule has 68 valence electrons. The van der Waals surface area contributed by atoms with E-state index in [4.69, 9.17) is 15.8 Å². The molecule has 0 radical (unpaired) electrons. The standard InChI is InChI=1S/C5H11ClNOP.C2H6/c1-2-3-7-4-5-8-9(7)6;1-2/h2-5H2,1H3;1-2H3. The minimum Gasteiger partial charge on any atom is -0.330 e. The Morgan fingerprint density at radius 3 is 2.55 bits per heavy atom. The summed E-state index contributed by atoms with van der Waals surface area (Å²) in [6, 6.07) is 0. The van der Waals surface area contributed by atoms with E-state index in [-0.39, 0.29) is 0 Å². The Bertz CT molecular complexity index is 94.5. The first-order valence-electron chi connectivity index (χ1n) is 4.18. The first-order valence-corrected chi connectivity index (χ1v) is 6.30. The normalized spacial score (nSPS) is 24.5. The third kappa shape index (κ3) is 4.27. The summed E-state index contributed by atoms with van der Waals surface area (Å²) in [6.07, 6.45) is 1.16. The molecule has 1 unspecified atom stereocenters. The Morgan fingerprint density at radius 1 is 1.55 bits per heavy atom. The predicted octanol–water partition coefficient (Wildman–Crippen LogP) is 3.22. The lowest BCUT2D eigenvalue weighted by molar-refractivity contribution is 0.393. The monoisotopic (exact) mass is 197 g/mol. The van der Waals surface area contributed by atoms with E-state index in [0.717, 1.165) is 26.1 Å². The number of hydrogen-bond donors (Lipinski definition) is 0. The van der Waals surface area contributed by atoms with Gasteiger partial charge in [0.05, 0.1) is 6.61 Å². The maximum absolute atomic E-state index is 5.83. The van der Waals surface area contributed by atoms with Crippen LogP contribution in [0.15, 0.2) is 0 Å². The van der Waals surface area contributed by atoms with Gasteiger partial charge in [-0.3, -0.25) is 0 Å². The lowest BCUT2D eigenvalue weighted by Crippen LogP contribution is -2.13. The fraction of sp³-hybridized carbons (Fsp3) is 1.00. The topological polar surface area (TPSA) is 12.5 Å². The molecule has 1 heterocycles. The Balaban J connectivity index is 0.000000461. The number of rotatable bonds is 2. The van der Waals surface area contributed by atoms with Crippen molar-refractivity contribution in [2.75, 3.05) is 19.7 Å². The summed E-state index contributed by atoms with van der Waals surface area (Å²) in [4.78, 5) is 0. The molecule has 0 aromatic heterocycles. The second-order valence-electron chi connectivity index (χ2n) is 2.01. The molecule has 0 aromatic carbocycles. The summed E-state index contributed by atoms with van der Waals surface area (Å²) in [5.41, 5.74) is 0. The van der Waals surface area contributed by atoms with Crippen LogP contribution in [0.5, 0.6) is 0 Å². The van der Waals surface area contributed by atoms with Gasteiger partial charge < -0.3 is 4.52 Å². The van der Waals surface area contributed by atoms with Gasteiger partial charge in [0.2, 0.25) is 7.65 Å². The number of hydrogen-bond acceptors (Lipinski definition) is 2. The van der Waals surface area contributed by atoms with Crippen LogP contribution in [-0.4, -0.2) is 24.4 Å². The summed E-state index contributed by atoms with van der Waals surface area (Å²) >= 11 is 5.83. The van der Waals surface area contributed by atoms with Crippen LogP contribution in [0.1, 0.15) is 27.2 Å². The molecule has 1 rings (SSSR count). The molecule has 11 heavy (non-hydrogen) atoms. The van der Waals surface area contributed by atoms with Gasteiger partial charge in [-0.05, 0) is 17.7 Å². The zero-order valence-electron chi connectivity index (χ0n) is 7.51. The van der Waals surface area contributed by atoms with E-state index in [1.54, 1.807) is 0 Å². The summed E-state index contributed by atoms with van der Waals surface area (Å²) in [5, 5.41) is 0. The Kier molecular flexibility index (Phi) is 7.72. The Hall–Kier alpha value is 0.640. The molecule has 0 bridgehead atoms. The summed E-state index contributed by atoms with van der Waals surface area (Å²) in [5.74, 6) is 0. The quantitative estimate of drug-likeness (QED) is 0.631. The Morgan fingerprint density at radius 2 is 2.18 bits per heavy atom. The van der Waals surface area contributed by atoms with Crippen molar-refractivity contribution in [1.29, 1.82) is 0 Å². The zero-order valence-corrected chi connectivity index (χ0v) is 9.16. The van der Waals surface area contributed by atoms with Crippen molar-refractivity contribution in [2.45, 2.75) is 27.2 Å². The van der Waals surface area contributed by atoms with Gasteiger partial charge in [-0.2, -0.15) is 0 Å². The van der Waals surface area contributed by atoms with Crippen molar-refractivity contribution in [1.82, 2.24) is 4.67 Å². The molecular formula is C7H17ClNOP. The summed E-state index contributed by atoms with van der Waals surface area (Å²) < 4.78 is 7.37. The average Bonchev–Trinajstić information content (AvgIpc) is 2.42. The highest BCUT2D eigenvalue weighted by molar-refractivity contribution is 7.78. The molecule has 2 nitrogen and oxygen atoms in total. The maximum Gasteiger partial charge on any atom is 0.206 e. The van der Waals surface area contributed by atoms with Crippen LogP contribution in [-0.2, 0) is 4.52 Å². The molecule has 1 fully saturated rings. The van der Waals surface area contributed by atoms with Gasteiger partial charge >= 0.3 is 0 Å². The van der Waals surface area contributed by atoms with Gasteiger partial charge in [-0.25, -0.2) is 4.67 Å². The SMILES string of the molecule is CC.CCCN1CCOP1Cl. The third-order valence-electron chi connectivity index (χ3n) is 1.25. The lowest BCUT2D eigenvalue weighted by atomic mass is 10.5. The Labute approximate surface area is 75.5 Å². The van der Waals surface area contributed by atoms with Gasteiger partial charge in [0.25, 0.3) is 0 Å². The second kappa shape index (κ2) is 7.30. The fourth-order valence-electron chi connectivity index (χ4n) is 0.830. The van der Waals surface area contributed by atoms with E-state index in [2.05, 4.69) is 11.6 Å². The molecule has 1 aliphatic heterocycles. The van der Waals surface area contributed by atoms with Gasteiger partial charge in [0, 0.05) is 13.1 Å². The van der Waals surface area contributed by atoms with Gasteiger partial charge in [-0.15, -0.1) is 0 Å². The molecule has 0 spiro atoms. The van der Waals surface area contributed by atoms with Crippen LogP contribution in [0.3, 0.4) is 0 Å². The molecule has 0 aromatic rings. The van der Waals surface area contributed by atoms with Gasteiger partial charge in [0.15, 0.2) is 0 Å². The molecule has 0 amide bonds. The fourth-order valence-corrected chi connectivity index (χ4v) is 2.48. The summed E-state index contributed by atoms with van der Waals surface area (Å²) in [7, 11) is -0.729. The minimum absolute atomic E-state index is 0.729. The molecule has 0 N–H and O–H groups in total. The molecule has 0 aliphatic carbocycles. The van der Waals surface area contributed by atoms with Crippen LogP contribution in [0.2, 0.25) is 0 Å². The first-order chi connectivity index (χ1) is 5.34. The van der Waals surface area contributed by atoms with Gasteiger partial charge in [-0.1, -0.05) is 20.8 Å². The van der Waals surface area contributed by atoms with Crippen LogP contribution >= 0.6 is 18.9 Å². The van der Waals surface area contributed by atoms with Gasteiger partial charge in [0.1, 0.15) is 0 Å². The van der Waals surface area contributed by atoms with E-state index >= 15 is 0 Å². The van der Waals surface area contributed by atoms with Crippen molar-refractivity contribution < 1.29 is 4.52 Å². The highest BCUT2D eigenvalue weighted by Crippen LogP contribution is 2.49. The molecule has 1 atom stereocenters. The molecular weight excluding hydrogens is 181 g/mol. The van der Waals surface area contributed by atoms with E-state index in [1.807, 2.05) is 13.8 Å². The number of halogens is 1. The second-order valence-corrected chi connectivity index (χ2v) is 4.16. The van der Waals surface area contributed by atoms with Crippen LogP contribution in [0.4, 0.5) is 0 Å². The van der Waals surface area contributed by atoms with E-state index in [9.17, 15) is 0 Å². The van der Waals surface area contributed by atoms with E-state index in [1.165, 1.54) is 0 Å². The number of nitrogens with zero attached hydrogens (tertiary/aromatic N) is 1. The highest BCUT2D eigenvalue weighted by atomic mass is 35.7. The molecule has 0 saturated carbocycles. The maximum atomic E-state index is 5.83. The highest BCUT2D eigenvalue weighted by Gasteiger charge is 2.22. The predicted molar refractivity (Wildman–Crippen MR) is 51.9 cm³/mol. The van der Waals surface area contributed by atoms with Crippen molar-refractivity contribution in [2.24, 2.45) is 0 Å². The van der Waals surface area contributed by atoms with Crippen LogP contribution in [0, 0.1) is 0 Å². The van der Waals surface area contributed by atoms with Crippen LogP contribution in [0.25, 0.3) is 0 Å². The van der Waals surface area contributed by atoms with E-state index < -0.39 is 7.65 Å². The molecule has 1 aliphatic rings. The first kappa shape index (κ1) is 11.6. The molecule has 1 saturated heterocycles. The van der Waals surface area contributed by atoms with Crippen molar-refractivity contribution in [3.8, 4) is 0 Å². The van der Waals surface area contributed by atoms with E-state index in [0.29, 0.717) is 0 Å². The zero-order chi connectivity index (χ0) is 8.69. The minimum atomic E-state index is -0.729. The summed E-state index contributed by atoms with van der Waals surface area (Å²) in [6.45, 7) is 9.06. The van der Waals surface area contributed by atoms with Crippen molar-refractivity contribution in [3.63, 3.8) is 0 Å².